The number of aromatic amines is 1. The molecule has 1 aliphatic rings. The van der Waals surface area contributed by atoms with Crippen LogP contribution >= 0.6 is 0 Å². The van der Waals surface area contributed by atoms with E-state index in [0.29, 0.717) is 11.2 Å². The second-order valence-electron chi connectivity index (χ2n) is 6.99. The van der Waals surface area contributed by atoms with Gasteiger partial charge in [-0.3, -0.25) is 9.69 Å². The summed E-state index contributed by atoms with van der Waals surface area (Å²) in [5.74, 6) is 0. The number of nitrogens with zero attached hydrogens (tertiary/aromatic N) is 5. The van der Waals surface area contributed by atoms with Gasteiger partial charge in [-0.15, -0.1) is 0 Å². The maximum Gasteiger partial charge on any atom is 0.278 e. The Morgan fingerprint density at radius 1 is 1.22 bits per heavy atom. The highest BCUT2D eigenvalue weighted by molar-refractivity contribution is 5.68. The van der Waals surface area contributed by atoms with E-state index in [-0.39, 0.29) is 5.56 Å². The minimum absolute atomic E-state index is 0.178. The van der Waals surface area contributed by atoms with E-state index in [0.717, 1.165) is 52.1 Å². The van der Waals surface area contributed by atoms with Gasteiger partial charge in [-0.1, -0.05) is 19.1 Å². The predicted molar refractivity (Wildman–Crippen MR) is 109 cm³/mol. The monoisotopic (exact) mass is 370 g/mol. The molecule has 0 atom stereocenters. The average molecular weight is 371 g/mol. The first-order chi connectivity index (χ1) is 13.1. The molecule has 2 aromatic rings. The third kappa shape index (κ3) is 4.47. The van der Waals surface area contributed by atoms with E-state index in [2.05, 4.69) is 57.7 Å². The highest BCUT2D eigenvalue weighted by Crippen LogP contribution is 2.18. The maximum atomic E-state index is 11.7. The Hall–Kier alpha value is -2.41. The Morgan fingerprint density at radius 2 is 2.00 bits per heavy atom. The summed E-state index contributed by atoms with van der Waals surface area (Å²) in [5.41, 5.74) is 3.66. The minimum Gasteiger partial charge on any atom is -0.369 e. The van der Waals surface area contributed by atoms with Crippen molar-refractivity contribution in [1.29, 1.82) is 0 Å². The van der Waals surface area contributed by atoms with Gasteiger partial charge in [0.1, 0.15) is 0 Å². The topological polar surface area (TPSA) is 70.1 Å². The lowest BCUT2D eigenvalue weighted by molar-refractivity contribution is 0.157. The second kappa shape index (κ2) is 8.99. The van der Waals surface area contributed by atoms with Gasteiger partial charge in [-0.25, -0.2) is 9.97 Å². The number of hydrogen-bond donors (Lipinski definition) is 1. The van der Waals surface area contributed by atoms with Gasteiger partial charge in [0.15, 0.2) is 11.2 Å². The molecule has 0 aliphatic carbocycles. The van der Waals surface area contributed by atoms with Crippen molar-refractivity contribution in [2.75, 3.05) is 32.7 Å². The highest BCUT2D eigenvalue weighted by Gasteiger charge is 2.19. The van der Waals surface area contributed by atoms with Gasteiger partial charge in [0.25, 0.3) is 5.56 Å². The molecule has 1 fully saturated rings. The molecule has 7 nitrogen and oxygen atoms in total. The molecule has 0 unspecified atom stereocenters. The number of aromatic nitrogens is 4. The van der Waals surface area contributed by atoms with Gasteiger partial charge < -0.3 is 14.5 Å². The maximum absolute atomic E-state index is 11.7. The number of aryl methyl sites for hydroxylation is 1. The van der Waals surface area contributed by atoms with Crippen molar-refractivity contribution < 1.29 is 0 Å². The van der Waals surface area contributed by atoms with Crippen LogP contribution in [0.2, 0.25) is 0 Å². The van der Waals surface area contributed by atoms with Gasteiger partial charge >= 0.3 is 0 Å². The molecule has 146 valence electrons. The molecule has 0 spiro atoms. The number of nitrogens with one attached hydrogen (secondary N) is 1. The Kier molecular flexibility index (Phi) is 6.45. The Bertz CT molecular complexity index is 870. The lowest BCUT2D eigenvalue weighted by Gasteiger charge is -2.37. The van der Waals surface area contributed by atoms with Crippen molar-refractivity contribution in [3.63, 3.8) is 0 Å². The van der Waals surface area contributed by atoms with Crippen molar-refractivity contribution in [3.05, 3.63) is 46.4 Å². The Balaban J connectivity index is 1.50. The molecule has 0 saturated carbocycles. The van der Waals surface area contributed by atoms with Crippen LogP contribution in [0.5, 0.6) is 0 Å². The third-order valence-corrected chi connectivity index (χ3v) is 5.23. The summed E-state index contributed by atoms with van der Waals surface area (Å²) in [5, 5.41) is 0. The van der Waals surface area contributed by atoms with E-state index in [1.807, 2.05) is 4.57 Å². The SMILES string of the molecule is C/C=C(C)\C(=C/CC)N1CCN(CCCn2cnc3c(=O)[nH]cnc32)CC1. The zero-order valence-electron chi connectivity index (χ0n) is 16.6. The van der Waals surface area contributed by atoms with Crippen molar-refractivity contribution in [2.45, 2.75) is 40.2 Å². The summed E-state index contributed by atoms with van der Waals surface area (Å²) in [7, 11) is 0. The number of H-pyrrole nitrogens is 1. The summed E-state index contributed by atoms with van der Waals surface area (Å²) < 4.78 is 1.97. The van der Waals surface area contributed by atoms with E-state index in [4.69, 9.17) is 0 Å². The zero-order chi connectivity index (χ0) is 19.2. The molecule has 1 aliphatic heterocycles. The quantitative estimate of drug-likeness (QED) is 0.758. The number of allylic oxidation sites excluding steroid dienone is 3. The molecular weight excluding hydrogens is 340 g/mol. The van der Waals surface area contributed by atoms with Crippen LogP contribution in [-0.2, 0) is 6.54 Å². The number of fused-ring (bicyclic) bond motifs is 1. The van der Waals surface area contributed by atoms with E-state index >= 15 is 0 Å². The Morgan fingerprint density at radius 3 is 2.70 bits per heavy atom. The van der Waals surface area contributed by atoms with Crippen LogP contribution in [0, 0.1) is 0 Å². The van der Waals surface area contributed by atoms with Crippen LogP contribution in [0.25, 0.3) is 11.2 Å². The van der Waals surface area contributed by atoms with Crippen molar-refractivity contribution in [1.82, 2.24) is 29.3 Å². The second-order valence-corrected chi connectivity index (χ2v) is 6.99. The number of imidazole rings is 1. The van der Waals surface area contributed by atoms with Crippen LogP contribution in [-0.4, -0.2) is 62.0 Å². The molecule has 3 heterocycles. The van der Waals surface area contributed by atoms with Crippen LogP contribution in [0.15, 0.2) is 40.9 Å². The normalized spacial score (nSPS) is 17.1. The summed E-state index contributed by atoms with van der Waals surface area (Å²) >= 11 is 0. The molecule has 1 N–H and O–H groups in total. The van der Waals surface area contributed by atoms with Gasteiger partial charge in [-0.2, -0.15) is 0 Å². The molecule has 0 amide bonds. The first kappa shape index (κ1) is 19.4. The smallest absolute Gasteiger partial charge is 0.278 e. The van der Waals surface area contributed by atoms with E-state index in [1.165, 1.54) is 17.6 Å². The molecule has 27 heavy (non-hydrogen) atoms. The lowest BCUT2D eigenvalue weighted by Crippen LogP contribution is -2.46. The molecule has 3 rings (SSSR count). The first-order valence-corrected chi connectivity index (χ1v) is 9.83. The summed E-state index contributed by atoms with van der Waals surface area (Å²) in [6.07, 6.45) is 9.77. The average Bonchev–Trinajstić information content (AvgIpc) is 3.11. The molecule has 0 radical (unpaired) electrons. The zero-order valence-corrected chi connectivity index (χ0v) is 16.6. The predicted octanol–water partition coefficient (Wildman–Crippen LogP) is 2.39. The largest absolute Gasteiger partial charge is 0.369 e. The molecule has 0 bridgehead atoms. The van der Waals surface area contributed by atoms with Gasteiger partial charge in [0.05, 0.1) is 12.7 Å². The third-order valence-electron chi connectivity index (χ3n) is 5.23. The van der Waals surface area contributed by atoms with E-state index in [1.54, 1.807) is 6.33 Å². The molecule has 7 heteroatoms. The minimum atomic E-state index is -0.178. The van der Waals surface area contributed by atoms with E-state index < -0.39 is 0 Å². The molecule has 0 aromatic carbocycles. The Labute approximate surface area is 160 Å². The summed E-state index contributed by atoms with van der Waals surface area (Å²) in [6.45, 7) is 12.7. The van der Waals surface area contributed by atoms with E-state index in [9.17, 15) is 4.79 Å². The number of piperazine rings is 1. The van der Waals surface area contributed by atoms with Crippen molar-refractivity contribution >= 4 is 11.2 Å². The van der Waals surface area contributed by atoms with Gasteiger partial charge in [0.2, 0.25) is 0 Å². The van der Waals surface area contributed by atoms with Crippen LogP contribution in [0.1, 0.15) is 33.6 Å². The molecular formula is C20H30N6O. The molecule has 1 saturated heterocycles. The molecule has 2 aromatic heterocycles. The van der Waals surface area contributed by atoms with Crippen LogP contribution in [0.3, 0.4) is 0 Å². The van der Waals surface area contributed by atoms with Gasteiger partial charge in [0, 0.05) is 38.4 Å². The highest BCUT2D eigenvalue weighted by atomic mass is 16.1. The van der Waals surface area contributed by atoms with Crippen LogP contribution in [0.4, 0.5) is 0 Å². The van der Waals surface area contributed by atoms with Gasteiger partial charge in [-0.05, 0) is 38.8 Å². The number of rotatable bonds is 7. The fourth-order valence-electron chi connectivity index (χ4n) is 3.61. The first-order valence-electron chi connectivity index (χ1n) is 9.83. The van der Waals surface area contributed by atoms with Crippen molar-refractivity contribution in [3.8, 4) is 0 Å². The fraction of sp³-hybridized carbons (Fsp3) is 0.550. The van der Waals surface area contributed by atoms with Crippen molar-refractivity contribution in [2.24, 2.45) is 0 Å². The number of hydrogen-bond acceptors (Lipinski definition) is 5. The summed E-state index contributed by atoms with van der Waals surface area (Å²) in [4.78, 5) is 27.7. The fourth-order valence-corrected chi connectivity index (χ4v) is 3.61. The van der Waals surface area contributed by atoms with Crippen LogP contribution < -0.4 is 5.56 Å². The standard InChI is InChI=1S/C20H30N6O/c1-4-7-17(16(3)5-2)25-12-10-24(11-13-25)8-6-9-26-15-23-18-19(26)21-14-22-20(18)27/h5,7,14-15H,4,6,8-13H2,1-3H3,(H,21,22,27)/b16-5-,17-7+. The summed E-state index contributed by atoms with van der Waals surface area (Å²) in [6, 6.07) is 0. The lowest BCUT2D eigenvalue weighted by atomic mass is 10.1.